The zero-order chi connectivity index (χ0) is 12.8. The summed E-state index contributed by atoms with van der Waals surface area (Å²) in [5.41, 5.74) is 0.827. The Labute approximate surface area is 109 Å². The number of nitrogens with zero attached hydrogens (tertiary/aromatic N) is 2. The Balaban J connectivity index is 1.80. The molecule has 3 heteroatoms. The molecule has 0 aliphatic carbocycles. The molecule has 1 aromatic carbocycles. The number of carbonyl (C=O) groups excluding carboxylic acids is 1. The number of piperazine rings is 1. The van der Waals surface area contributed by atoms with Gasteiger partial charge in [0.15, 0.2) is 5.78 Å². The third-order valence-electron chi connectivity index (χ3n) is 3.47. The van der Waals surface area contributed by atoms with Crippen molar-refractivity contribution in [3.63, 3.8) is 0 Å². The lowest BCUT2D eigenvalue weighted by molar-refractivity contribution is 0.0853. The lowest BCUT2D eigenvalue weighted by Gasteiger charge is -2.34. The molecule has 1 aliphatic rings. The standard InChI is InChI=1S/C15H22N2O/c1-2-8-16-9-11-17(12-10-16)13-15(18)14-6-4-3-5-7-14/h3-7H,2,8-13H2,1H3. The van der Waals surface area contributed by atoms with Crippen molar-refractivity contribution in [1.29, 1.82) is 0 Å². The van der Waals surface area contributed by atoms with Crippen molar-refractivity contribution in [3.8, 4) is 0 Å². The minimum absolute atomic E-state index is 0.236. The first-order chi connectivity index (χ1) is 8.79. The predicted molar refractivity (Wildman–Crippen MR) is 73.9 cm³/mol. The number of hydrogen-bond donors (Lipinski definition) is 0. The Morgan fingerprint density at radius 2 is 1.67 bits per heavy atom. The maximum absolute atomic E-state index is 12.1. The van der Waals surface area contributed by atoms with Gasteiger partial charge in [-0.15, -0.1) is 0 Å². The minimum Gasteiger partial charge on any atom is -0.301 e. The third-order valence-corrected chi connectivity index (χ3v) is 3.47. The maximum Gasteiger partial charge on any atom is 0.176 e. The molecule has 1 aromatic rings. The smallest absolute Gasteiger partial charge is 0.176 e. The zero-order valence-corrected chi connectivity index (χ0v) is 11.1. The molecule has 18 heavy (non-hydrogen) atoms. The molecule has 0 bridgehead atoms. The molecule has 1 saturated heterocycles. The normalized spacial score (nSPS) is 17.8. The highest BCUT2D eigenvalue weighted by atomic mass is 16.1. The molecule has 2 rings (SSSR count). The van der Waals surface area contributed by atoms with E-state index in [9.17, 15) is 4.79 Å². The Hall–Kier alpha value is -1.19. The first kappa shape index (κ1) is 13.2. The number of Topliss-reactive ketones (excluding diaryl/α,β-unsaturated/α-hetero) is 1. The molecule has 98 valence electrons. The van der Waals surface area contributed by atoms with Crippen LogP contribution >= 0.6 is 0 Å². The fourth-order valence-electron chi connectivity index (χ4n) is 2.41. The third kappa shape index (κ3) is 3.65. The van der Waals surface area contributed by atoms with E-state index in [0.29, 0.717) is 6.54 Å². The second-order valence-electron chi connectivity index (χ2n) is 4.91. The van der Waals surface area contributed by atoms with Crippen LogP contribution in [-0.2, 0) is 0 Å². The second kappa shape index (κ2) is 6.66. The molecule has 0 saturated carbocycles. The van der Waals surface area contributed by atoms with Crippen LogP contribution in [0.15, 0.2) is 30.3 Å². The van der Waals surface area contributed by atoms with E-state index in [1.165, 1.54) is 13.0 Å². The van der Waals surface area contributed by atoms with Gasteiger partial charge in [0, 0.05) is 31.7 Å². The van der Waals surface area contributed by atoms with Crippen molar-refractivity contribution in [1.82, 2.24) is 9.80 Å². The summed E-state index contributed by atoms with van der Waals surface area (Å²) in [6.45, 7) is 8.17. The van der Waals surface area contributed by atoms with Crippen molar-refractivity contribution >= 4 is 5.78 Å². The topological polar surface area (TPSA) is 23.6 Å². The zero-order valence-electron chi connectivity index (χ0n) is 11.1. The van der Waals surface area contributed by atoms with Crippen LogP contribution in [0.3, 0.4) is 0 Å². The molecule has 0 amide bonds. The molecule has 1 heterocycles. The highest BCUT2D eigenvalue weighted by molar-refractivity contribution is 5.97. The first-order valence-corrected chi connectivity index (χ1v) is 6.82. The van der Waals surface area contributed by atoms with Gasteiger partial charge in [0.05, 0.1) is 6.54 Å². The van der Waals surface area contributed by atoms with Gasteiger partial charge in [-0.05, 0) is 13.0 Å². The number of ketones is 1. The summed E-state index contributed by atoms with van der Waals surface area (Å²) in [4.78, 5) is 16.8. The Bertz CT molecular complexity index is 369. The minimum atomic E-state index is 0.236. The summed E-state index contributed by atoms with van der Waals surface area (Å²) in [5.74, 6) is 0.236. The van der Waals surface area contributed by atoms with Gasteiger partial charge in [-0.2, -0.15) is 0 Å². The van der Waals surface area contributed by atoms with Crippen LogP contribution in [0.5, 0.6) is 0 Å². The fraction of sp³-hybridized carbons (Fsp3) is 0.533. The van der Waals surface area contributed by atoms with Crippen LogP contribution in [0.4, 0.5) is 0 Å². The molecule has 1 fully saturated rings. The first-order valence-electron chi connectivity index (χ1n) is 6.82. The van der Waals surface area contributed by atoms with Crippen molar-refractivity contribution in [2.24, 2.45) is 0 Å². The molecular weight excluding hydrogens is 224 g/mol. The van der Waals surface area contributed by atoms with Crippen LogP contribution in [-0.4, -0.2) is 54.9 Å². The van der Waals surface area contributed by atoms with Crippen molar-refractivity contribution in [2.45, 2.75) is 13.3 Å². The summed E-state index contributed by atoms with van der Waals surface area (Å²) in [6, 6.07) is 9.59. The molecule has 0 N–H and O–H groups in total. The van der Waals surface area contributed by atoms with E-state index in [1.54, 1.807) is 0 Å². The van der Waals surface area contributed by atoms with Gasteiger partial charge in [0.1, 0.15) is 0 Å². The molecule has 1 aliphatic heterocycles. The van der Waals surface area contributed by atoms with E-state index in [1.807, 2.05) is 30.3 Å². The Kier molecular flexibility index (Phi) is 4.90. The van der Waals surface area contributed by atoms with Gasteiger partial charge < -0.3 is 4.90 Å². The molecule has 0 radical (unpaired) electrons. The highest BCUT2D eigenvalue weighted by Gasteiger charge is 2.18. The van der Waals surface area contributed by atoms with Gasteiger partial charge in [-0.3, -0.25) is 9.69 Å². The van der Waals surface area contributed by atoms with Gasteiger partial charge in [-0.25, -0.2) is 0 Å². The lowest BCUT2D eigenvalue weighted by Crippen LogP contribution is -2.47. The van der Waals surface area contributed by atoms with Gasteiger partial charge >= 0.3 is 0 Å². The Morgan fingerprint density at radius 1 is 1.06 bits per heavy atom. The van der Waals surface area contributed by atoms with Crippen molar-refractivity contribution in [2.75, 3.05) is 39.3 Å². The Morgan fingerprint density at radius 3 is 2.28 bits per heavy atom. The summed E-state index contributed by atoms with van der Waals surface area (Å²) in [7, 11) is 0. The molecule has 0 unspecified atom stereocenters. The molecular formula is C15H22N2O. The summed E-state index contributed by atoms with van der Waals surface area (Å²) in [6.07, 6.45) is 1.21. The van der Waals surface area contributed by atoms with Crippen LogP contribution in [0, 0.1) is 0 Å². The van der Waals surface area contributed by atoms with Crippen LogP contribution in [0.1, 0.15) is 23.7 Å². The average molecular weight is 246 g/mol. The number of rotatable bonds is 5. The van der Waals surface area contributed by atoms with Gasteiger partial charge in [0.2, 0.25) is 0 Å². The van der Waals surface area contributed by atoms with Crippen LogP contribution in [0.2, 0.25) is 0 Å². The highest BCUT2D eigenvalue weighted by Crippen LogP contribution is 2.06. The predicted octanol–water partition coefficient (Wildman–Crippen LogP) is 1.90. The van der Waals surface area contributed by atoms with E-state index in [-0.39, 0.29) is 5.78 Å². The van der Waals surface area contributed by atoms with E-state index >= 15 is 0 Å². The maximum atomic E-state index is 12.1. The second-order valence-corrected chi connectivity index (χ2v) is 4.91. The fourth-order valence-corrected chi connectivity index (χ4v) is 2.41. The van der Waals surface area contributed by atoms with Gasteiger partial charge in [-0.1, -0.05) is 37.3 Å². The summed E-state index contributed by atoms with van der Waals surface area (Å²) >= 11 is 0. The summed E-state index contributed by atoms with van der Waals surface area (Å²) in [5, 5.41) is 0. The van der Waals surface area contributed by atoms with Gasteiger partial charge in [0.25, 0.3) is 0 Å². The largest absolute Gasteiger partial charge is 0.301 e. The van der Waals surface area contributed by atoms with Crippen molar-refractivity contribution < 1.29 is 4.79 Å². The average Bonchev–Trinajstić information content (AvgIpc) is 2.42. The number of carbonyl (C=O) groups is 1. The monoisotopic (exact) mass is 246 g/mol. The molecule has 3 nitrogen and oxygen atoms in total. The quantitative estimate of drug-likeness (QED) is 0.741. The van der Waals surface area contributed by atoms with Crippen LogP contribution in [0.25, 0.3) is 0 Å². The number of benzene rings is 1. The van der Waals surface area contributed by atoms with Crippen molar-refractivity contribution in [3.05, 3.63) is 35.9 Å². The lowest BCUT2D eigenvalue weighted by atomic mass is 10.1. The SMILES string of the molecule is CCCN1CCN(CC(=O)c2ccccc2)CC1. The molecule has 0 atom stereocenters. The summed E-state index contributed by atoms with van der Waals surface area (Å²) < 4.78 is 0. The molecule has 0 aromatic heterocycles. The van der Waals surface area contributed by atoms with E-state index in [0.717, 1.165) is 31.7 Å². The van der Waals surface area contributed by atoms with E-state index < -0.39 is 0 Å². The van der Waals surface area contributed by atoms with E-state index in [2.05, 4.69) is 16.7 Å². The molecule has 0 spiro atoms. The van der Waals surface area contributed by atoms with E-state index in [4.69, 9.17) is 0 Å². The van der Waals surface area contributed by atoms with Crippen LogP contribution < -0.4 is 0 Å². The number of hydrogen-bond acceptors (Lipinski definition) is 3.